The molecular weight excluding hydrogens is 252 g/mol. The molecule has 0 spiro atoms. The highest BCUT2D eigenvalue weighted by atomic mass is 32.1. The fourth-order valence-corrected chi connectivity index (χ4v) is 1.41. The van der Waals surface area contributed by atoms with Crippen molar-refractivity contribution in [2.24, 2.45) is 0 Å². The van der Waals surface area contributed by atoms with Gasteiger partial charge in [-0.25, -0.2) is 9.48 Å². The predicted molar refractivity (Wildman–Crippen MR) is 67.0 cm³/mol. The molecule has 1 aromatic carbocycles. The van der Waals surface area contributed by atoms with Crippen LogP contribution in [0.4, 0.5) is 0 Å². The first kappa shape index (κ1) is 12.2. The third kappa shape index (κ3) is 2.51. The summed E-state index contributed by atoms with van der Waals surface area (Å²) in [6.45, 7) is 5.10. The summed E-state index contributed by atoms with van der Waals surface area (Å²) < 4.78 is 6.91. The fraction of sp³-hybridized carbons (Fsp3) is 0.0909. The van der Waals surface area contributed by atoms with E-state index in [1.807, 2.05) is 0 Å². The Hall–Kier alpha value is -2.28. The van der Waals surface area contributed by atoms with Crippen molar-refractivity contribution in [1.29, 1.82) is 0 Å². The lowest BCUT2D eigenvalue weighted by Crippen LogP contribution is -2.08. The van der Waals surface area contributed by atoms with Crippen LogP contribution in [0.5, 0.6) is 5.75 Å². The molecule has 1 N–H and O–H groups in total. The van der Waals surface area contributed by atoms with Crippen molar-refractivity contribution >= 4 is 18.2 Å². The molecule has 2 rings (SSSR count). The maximum atomic E-state index is 11.3. The minimum absolute atomic E-state index is 0.321. The van der Waals surface area contributed by atoms with Crippen LogP contribution >= 0.6 is 12.2 Å². The van der Waals surface area contributed by atoms with E-state index >= 15 is 0 Å². The van der Waals surface area contributed by atoms with Gasteiger partial charge in [-0.2, -0.15) is 5.21 Å². The van der Waals surface area contributed by atoms with Crippen LogP contribution in [0, 0.1) is 4.77 Å². The van der Waals surface area contributed by atoms with Crippen molar-refractivity contribution < 1.29 is 9.53 Å². The van der Waals surface area contributed by atoms with Crippen LogP contribution in [0.1, 0.15) is 6.92 Å². The molecule has 0 bridgehead atoms. The number of aromatic nitrogens is 4. The van der Waals surface area contributed by atoms with Gasteiger partial charge in [-0.05, 0) is 43.4 Å². The van der Waals surface area contributed by atoms with Crippen LogP contribution < -0.4 is 4.74 Å². The van der Waals surface area contributed by atoms with Gasteiger partial charge in [0.15, 0.2) is 0 Å². The highest BCUT2D eigenvalue weighted by molar-refractivity contribution is 7.71. The molecule has 1 aromatic heterocycles. The zero-order valence-electron chi connectivity index (χ0n) is 9.58. The van der Waals surface area contributed by atoms with Crippen LogP contribution in [-0.2, 0) is 4.79 Å². The smallest absolute Gasteiger partial charge is 0.338 e. The van der Waals surface area contributed by atoms with E-state index < -0.39 is 5.97 Å². The van der Waals surface area contributed by atoms with Gasteiger partial charge in [0, 0.05) is 5.57 Å². The van der Waals surface area contributed by atoms with Gasteiger partial charge in [0.1, 0.15) is 5.75 Å². The minimum atomic E-state index is -0.456. The monoisotopic (exact) mass is 262 g/mol. The van der Waals surface area contributed by atoms with Gasteiger partial charge in [-0.3, -0.25) is 0 Å². The molecule has 0 amide bonds. The highest BCUT2D eigenvalue weighted by Crippen LogP contribution is 2.15. The molecule has 1 heterocycles. The summed E-state index contributed by atoms with van der Waals surface area (Å²) in [5, 5.41) is 9.87. The van der Waals surface area contributed by atoms with Crippen molar-refractivity contribution in [3.05, 3.63) is 41.2 Å². The fourth-order valence-electron chi connectivity index (χ4n) is 1.22. The zero-order valence-corrected chi connectivity index (χ0v) is 10.4. The molecule has 0 aliphatic heterocycles. The number of H-pyrrole nitrogens is 1. The first-order chi connectivity index (χ1) is 8.58. The average molecular weight is 262 g/mol. The van der Waals surface area contributed by atoms with Crippen LogP contribution in [0.25, 0.3) is 5.69 Å². The Balaban J connectivity index is 2.21. The third-order valence-electron chi connectivity index (χ3n) is 2.13. The number of nitrogens with zero attached hydrogens (tertiary/aromatic N) is 3. The van der Waals surface area contributed by atoms with Crippen molar-refractivity contribution in [3.8, 4) is 11.4 Å². The van der Waals surface area contributed by atoms with Gasteiger partial charge >= 0.3 is 5.97 Å². The number of nitrogens with one attached hydrogen (secondary N) is 1. The molecule has 0 atom stereocenters. The van der Waals surface area contributed by atoms with E-state index in [9.17, 15) is 4.79 Å². The van der Waals surface area contributed by atoms with Gasteiger partial charge in [0.2, 0.25) is 4.77 Å². The van der Waals surface area contributed by atoms with Gasteiger partial charge in [0.25, 0.3) is 0 Å². The van der Waals surface area contributed by atoms with Gasteiger partial charge < -0.3 is 4.74 Å². The largest absolute Gasteiger partial charge is 0.423 e. The summed E-state index contributed by atoms with van der Waals surface area (Å²) in [6, 6.07) is 6.77. The van der Waals surface area contributed by atoms with Crippen molar-refractivity contribution in [1.82, 2.24) is 20.2 Å². The predicted octanol–water partition coefficient (Wildman–Crippen LogP) is 1.81. The minimum Gasteiger partial charge on any atom is -0.423 e. The Morgan fingerprint density at radius 1 is 1.44 bits per heavy atom. The lowest BCUT2D eigenvalue weighted by atomic mass is 10.3. The highest BCUT2D eigenvalue weighted by Gasteiger charge is 2.06. The lowest BCUT2D eigenvalue weighted by molar-refractivity contribution is -0.130. The van der Waals surface area contributed by atoms with E-state index in [0.29, 0.717) is 16.1 Å². The second kappa shape index (κ2) is 4.92. The lowest BCUT2D eigenvalue weighted by Gasteiger charge is -2.05. The molecule has 92 valence electrons. The second-order valence-corrected chi connectivity index (χ2v) is 3.95. The van der Waals surface area contributed by atoms with Crippen LogP contribution in [-0.4, -0.2) is 26.2 Å². The number of rotatable bonds is 3. The Labute approximate surface area is 108 Å². The van der Waals surface area contributed by atoms with E-state index in [4.69, 9.17) is 17.0 Å². The maximum Gasteiger partial charge on any atom is 0.338 e. The van der Waals surface area contributed by atoms with Crippen LogP contribution in [0.15, 0.2) is 36.4 Å². The van der Waals surface area contributed by atoms with E-state index in [-0.39, 0.29) is 0 Å². The number of aromatic amines is 1. The molecule has 6 nitrogen and oxygen atoms in total. The van der Waals surface area contributed by atoms with E-state index in [2.05, 4.69) is 22.1 Å². The summed E-state index contributed by atoms with van der Waals surface area (Å²) in [5.41, 5.74) is 1.10. The van der Waals surface area contributed by atoms with Gasteiger partial charge in [0.05, 0.1) is 5.69 Å². The average Bonchev–Trinajstić information content (AvgIpc) is 2.76. The summed E-state index contributed by atoms with van der Waals surface area (Å²) in [7, 11) is 0. The molecule has 0 unspecified atom stereocenters. The quantitative estimate of drug-likeness (QED) is 0.395. The zero-order chi connectivity index (χ0) is 13.1. The second-order valence-electron chi connectivity index (χ2n) is 3.58. The van der Waals surface area contributed by atoms with Crippen molar-refractivity contribution in [2.45, 2.75) is 6.92 Å². The summed E-state index contributed by atoms with van der Waals surface area (Å²) in [6.07, 6.45) is 0. The number of hydrogen-bond acceptors (Lipinski definition) is 5. The van der Waals surface area contributed by atoms with E-state index in [1.165, 1.54) is 4.68 Å². The summed E-state index contributed by atoms with van der Waals surface area (Å²) in [4.78, 5) is 11.3. The maximum absolute atomic E-state index is 11.3. The first-order valence-electron chi connectivity index (χ1n) is 5.06. The molecule has 18 heavy (non-hydrogen) atoms. The Morgan fingerprint density at radius 2 is 2.11 bits per heavy atom. The molecule has 0 fully saturated rings. The number of carbonyl (C=O) groups excluding carboxylic acids is 1. The topological polar surface area (TPSA) is 72.8 Å². The Bertz CT molecular complexity index is 642. The van der Waals surface area contributed by atoms with Gasteiger partial charge in [-0.15, -0.1) is 0 Å². The number of benzene rings is 1. The molecule has 2 aromatic rings. The normalized spacial score (nSPS) is 10.1. The number of carbonyl (C=O) groups is 1. The summed E-state index contributed by atoms with van der Waals surface area (Å²) in [5.74, 6) is -0.0201. The summed E-state index contributed by atoms with van der Waals surface area (Å²) >= 11 is 4.97. The SMILES string of the molecule is C=C(C)C(=O)Oc1ccc(-n2[nH]nnc2=S)cc1. The number of tetrazole rings is 1. The van der Waals surface area contributed by atoms with E-state index in [0.717, 1.165) is 5.69 Å². The number of esters is 1. The molecule has 0 aliphatic rings. The molecule has 7 heteroatoms. The van der Waals surface area contributed by atoms with E-state index in [1.54, 1.807) is 31.2 Å². The molecular formula is C11H10N4O2S. The number of ether oxygens (including phenoxy) is 1. The molecule has 0 radical (unpaired) electrons. The Kier molecular flexibility index (Phi) is 3.33. The Morgan fingerprint density at radius 3 is 2.61 bits per heavy atom. The first-order valence-corrected chi connectivity index (χ1v) is 5.47. The molecule has 0 saturated heterocycles. The van der Waals surface area contributed by atoms with Crippen LogP contribution in [0.2, 0.25) is 0 Å². The number of hydrogen-bond donors (Lipinski definition) is 1. The van der Waals surface area contributed by atoms with Crippen LogP contribution in [0.3, 0.4) is 0 Å². The van der Waals surface area contributed by atoms with Crippen molar-refractivity contribution in [2.75, 3.05) is 0 Å². The van der Waals surface area contributed by atoms with Crippen molar-refractivity contribution in [3.63, 3.8) is 0 Å². The third-order valence-corrected chi connectivity index (χ3v) is 2.39. The molecule has 0 aliphatic carbocycles. The standard InChI is InChI=1S/C11H10N4O2S/c1-7(2)10(16)17-9-5-3-8(4-6-9)15-11(18)12-13-14-15/h3-6H,1H2,2H3,(H,12,14,18). The van der Waals surface area contributed by atoms with Gasteiger partial charge in [-0.1, -0.05) is 16.9 Å². The molecule has 0 saturated carbocycles.